The summed E-state index contributed by atoms with van der Waals surface area (Å²) >= 11 is 6.75. The monoisotopic (exact) mass is 370 g/mol. The topological polar surface area (TPSA) is 45.8 Å². The smallest absolute Gasteiger partial charge is 0.265 e. The minimum atomic E-state index is -0.153. The molecule has 0 saturated carbocycles. The third kappa shape index (κ3) is 2.57. The van der Waals surface area contributed by atoms with E-state index in [1.165, 1.54) is 0 Å². The molecule has 5 heteroatoms. The molecule has 2 aromatic rings. The van der Waals surface area contributed by atoms with Gasteiger partial charge in [0.15, 0.2) is 0 Å². The number of halogens is 2. The van der Waals surface area contributed by atoms with Crippen molar-refractivity contribution < 1.29 is 0 Å². The van der Waals surface area contributed by atoms with Crippen molar-refractivity contribution in [2.45, 2.75) is 19.8 Å². The zero-order valence-corrected chi connectivity index (χ0v) is 13.2. The molecule has 0 amide bonds. The summed E-state index contributed by atoms with van der Waals surface area (Å²) in [6.45, 7) is 4.02. The Hall–Kier alpha value is -0.940. The minimum absolute atomic E-state index is 0.153. The summed E-state index contributed by atoms with van der Waals surface area (Å²) in [5.41, 5.74) is 1.49. The summed E-state index contributed by atoms with van der Waals surface area (Å²) in [5, 5.41) is 0. The molecule has 1 aromatic heterocycles. The van der Waals surface area contributed by atoms with Crippen LogP contribution in [0.3, 0.4) is 0 Å². The third-order valence-electron chi connectivity index (χ3n) is 2.56. The molecule has 18 heavy (non-hydrogen) atoms. The Labute approximate surface area is 122 Å². The molecule has 0 fully saturated rings. The van der Waals surface area contributed by atoms with E-state index in [1.54, 1.807) is 0 Å². The standard InChI is InChI=1S/C13H12Br2N2O/c1-7(2)11-10(15)13(18)17-12(16-11)8-5-3-4-6-9(8)14/h3-7H,1-2H3,(H,16,17,18). The van der Waals surface area contributed by atoms with Crippen molar-refractivity contribution >= 4 is 31.9 Å². The number of benzene rings is 1. The number of nitrogens with zero attached hydrogens (tertiary/aromatic N) is 1. The highest BCUT2D eigenvalue weighted by Gasteiger charge is 2.14. The van der Waals surface area contributed by atoms with E-state index in [0.29, 0.717) is 10.3 Å². The fraction of sp³-hybridized carbons (Fsp3) is 0.231. The highest BCUT2D eigenvalue weighted by atomic mass is 79.9. The van der Waals surface area contributed by atoms with E-state index in [4.69, 9.17) is 0 Å². The summed E-state index contributed by atoms with van der Waals surface area (Å²) in [6, 6.07) is 7.68. The predicted molar refractivity (Wildman–Crippen MR) is 79.8 cm³/mol. The van der Waals surface area contributed by atoms with E-state index in [2.05, 4.69) is 41.8 Å². The number of nitrogens with one attached hydrogen (secondary N) is 1. The Morgan fingerprint density at radius 3 is 2.50 bits per heavy atom. The number of hydrogen-bond donors (Lipinski definition) is 1. The van der Waals surface area contributed by atoms with Crippen LogP contribution in [-0.2, 0) is 0 Å². The quantitative estimate of drug-likeness (QED) is 0.864. The minimum Gasteiger partial charge on any atom is -0.306 e. The molecule has 0 atom stereocenters. The summed E-state index contributed by atoms with van der Waals surface area (Å²) < 4.78 is 1.42. The highest BCUT2D eigenvalue weighted by Crippen LogP contribution is 2.27. The fourth-order valence-corrected chi connectivity index (χ4v) is 2.76. The molecular weight excluding hydrogens is 360 g/mol. The molecule has 0 bridgehead atoms. The molecule has 0 unspecified atom stereocenters. The first-order valence-corrected chi connectivity index (χ1v) is 7.14. The van der Waals surface area contributed by atoms with Crippen LogP contribution in [0.4, 0.5) is 0 Å². The van der Waals surface area contributed by atoms with E-state index in [9.17, 15) is 4.79 Å². The number of hydrogen-bond acceptors (Lipinski definition) is 2. The van der Waals surface area contributed by atoms with Gasteiger partial charge in [-0.15, -0.1) is 0 Å². The van der Waals surface area contributed by atoms with Crippen LogP contribution in [0.15, 0.2) is 38.0 Å². The van der Waals surface area contributed by atoms with E-state index in [-0.39, 0.29) is 11.5 Å². The van der Waals surface area contributed by atoms with Gasteiger partial charge in [-0.05, 0) is 27.9 Å². The fourth-order valence-electron chi connectivity index (χ4n) is 1.64. The largest absolute Gasteiger partial charge is 0.306 e. The molecule has 0 aliphatic heterocycles. The van der Waals surface area contributed by atoms with Crippen molar-refractivity contribution in [1.82, 2.24) is 9.97 Å². The lowest BCUT2D eigenvalue weighted by Crippen LogP contribution is -2.14. The number of aromatic nitrogens is 2. The van der Waals surface area contributed by atoms with Gasteiger partial charge in [-0.25, -0.2) is 4.98 Å². The first-order chi connectivity index (χ1) is 8.50. The van der Waals surface area contributed by atoms with Gasteiger partial charge < -0.3 is 4.98 Å². The van der Waals surface area contributed by atoms with E-state index in [0.717, 1.165) is 15.7 Å². The molecule has 1 N–H and O–H groups in total. The molecular formula is C13H12Br2N2O. The van der Waals surface area contributed by atoms with Crippen molar-refractivity contribution in [3.8, 4) is 11.4 Å². The average molecular weight is 372 g/mol. The van der Waals surface area contributed by atoms with Crippen molar-refractivity contribution in [3.63, 3.8) is 0 Å². The second-order valence-electron chi connectivity index (χ2n) is 4.25. The van der Waals surface area contributed by atoms with Gasteiger partial charge in [0.1, 0.15) is 10.3 Å². The first-order valence-electron chi connectivity index (χ1n) is 5.55. The molecule has 0 radical (unpaired) electrons. The Morgan fingerprint density at radius 1 is 1.22 bits per heavy atom. The van der Waals surface area contributed by atoms with Gasteiger partial charge in [0, 0.05) is 10.0 Å². The average Bonchev–Trinajstić information content (AvgIpc) is 2.33. The van der Waals surface area contributed by atoms with Crippen molar-refractivity contribution in [3.05, 3.63) is 49.3 Å². The van der Waals surface area contributed by atoms with E-state index >= 15 is 0 Å². The molecule has 94 valence electrons. The van der Waals surface area contributed by atoms with Gasteiger partial charge in [-0.3, -0.25) is 4.79 Å². The zero-order chi connectivity index (χ0) is 13.3. The number of H-pyrrole nitrogens is 1. The van der Waals surface area contributed by atoms with Crippen molar-refractivity contribution in [2.75, 3.05) is 0 Å². The lowest BCUT2D eigenvalue weighted by Gasteiger charge is -2.10. The second kappa shape index (κ2) is 5.36. The number of aromatic amines is 1. The normalized spacial score (nSPS) is 10.9. The first kappa shape index (κ1) is 13.5. The van der Waals surface area contributed by atoms with Crippen LogP contribution in [0.1, 0.15) is 25.5 Å². The SMILES string of the molecule is CC(C)c1nc(-c2ccccc2Br)[nH]c(=O)c1Br. The summed E-state index contributed by atoms with van der Waals surface area (Å²) in [6.07, 6.45) is 0. The molecule has 0 aliphatic rings. The number of rotatable bonds is 2. The molecule has 1 aromatic carbocycles. The Bertz CT molecular complexity index is 635. The third-order valence-corrected chi connectivity index (χ3v) is 4.02. The zero-order valence-electron chi connectivity index (χ0n) is 10.00. The van der Waals surface area contributed by atoms with Gasteiger partial charge >= 0.3 is 0 Å². The summed E-state index contributed by atoms with van der Waals surface area (Å²) in [4.78, 5) is 19.2. The molecule has 0 aliphatic carbocycles. The second-order valence-corrected chi connectivity index (χ2v) is 5.90. The van der Waals surface area contributed by atoms with Gasteiger partial charge in [0.05, 0.1) is 5.69 Å². The van der Waals surface area contributed by atoms with Gasteiger partial charge in [0.25, 0.3) is 5.56 Å². The maximum Gasteiger partial charge on any atom is 0.265 e. The molecule has 1 heterocycles. The van der Waals surface area contributed by atoms with Crippen molar-refractivity contribution in [1.29, 1.82) is 0 Å². The summed E-state index contributed by atoms with van der Waals surface area (Å²) in [5.74, 6) is 0.766. The van der Waals surface area contributed by atoms with Crippen LogP contribution in [0.25, 0.3) is 11.4 Å². The lowest BCUT2D eigenvalue weighted by molar-refractivity contribution is 0.803. The Balaban J connectivity index is 2.67. The molecule has 3 nitrogen and oxygen atoms in total. The van der Waals surface area contributed by atoms with Crippen LogP contribution >= 0.6 is 31.9 Å². The highest BCUT2D eigenvalue weighted by molar-refractivity contribution is 9.10. The molecule has 0 saturated heterocycles. The van der Waals surface area contributed by atoms with E-state index < -0.39 is 0 Å². The maximum atomic E-state index is 11.9. The Morgan fingerprint density at radius 2 is 1.89 bits per heavy atom. The van der Waals surface area contributed by atoms with Crippen LogP contribution in [0.5, 0.6) is 0 Å². The van der Waals surface area contributed by atoms with Crippen LogP contribution < -0.4 is 5.56 Å². The molecule has 2 rings (SSSR count). The van der Waals surface area contributed by atoms with Gasteiger partial charge in [0.2, 0.25) is 0 Å². The lowest BCUT2D eigenvalue weighted by atomic mass is 10.1. The summed E-state index contributed by atoms with van der Waals surface area (Å²) in [7, 11) is 0. The van der Waals surface area contributed by atoms with Crippen LogP contribution in [-0.4, -0.2) is 9.97 Å². The van der Waals surface area contributed by atoms with E-state index in [1.807, 2.05) is 38.1 Å². The Kier molecular flexibility index (Phi) is 4.02. The van der Waals surface area contributed by atoms with Gasteiger partial charge in [-0.2, -0.15) is 0 Å². The van der Waals surface area contributed by atoms with Crippen molar-refractivity contribution in [2.24, 2.45) is 0 Å². The van der Waals surface area contributed by atoms with Gasteiger partial charge in [-0.1, -0.05) is 48.0 Å². The molecule has 0 spiro atoms. The van der Waals surface area contributed by atoms with Crippen LogP contribution in [0, 0.1) is 0 Å². The predicted octanol–water partition coefficient (Wildman–Crippen LogP) is 4.09. The maximum absolute atomic E-state index is 11.9. The van der Waals surface area contributed by atoms with Crippen LogP contribution in [0.2, 0.25) is 0 Å².